The minimum atomic E-state index is -3.13. The minimum absolute atomic E-state index is 0.0797. The Bertz CT molecular complexity index is 623. The van der Waals surface area contributed by atoms with E-state index in [-0.39, 0.29) is 5.75 Å². The first-order chi connectivity index (χ1) is 10.6. The second-order valence-corrected chi connectivity index (χ2v) is 10.5. The molecular weight excluding hydrogens is 332 g/mol. The highest BCUT2D eigenvalue weighted by Crippen LogP contribution is 2.17. The Morgan fingerprint density at radius 3 is 2.39 bits per heavy atom. The van der Waals surface area contributed by atoms with Gasteiger partial charge in [-0.1, -0.05) is 0 Å². The molecule has 0 radical (unpaired) electrons. The second kappa shape index (κ2) is 8.10. The first-order valence-electron chi connectivity index (χ1n) is 7.74. The van der Waals surface area contributed by atoms with Crippen LogP contribution in [0.3, 0.4) is 0 Å². The Hall–Kier alpha value is -1.15. The molecule has 8 heteroatoms. The van der Waals surface area contributed by atoms with Gasteiger partial charge in [-0.05, 0) is 41.5 Å². The zero-order valence-corrected chi connectivity index (χ0v) is 16.5. The third kappa shape index (κ3) is 6.10. The van der Waals surface area contributed by atoms with E-state index in [9.17, 15) is 8.42 Å². The lowest BCUT2D eigenvalue weighted by Crippen LogP contribution is -2.41. The van der Waals surface area contributed by atoms with Crippen molar-refractivity contribution in [3.63, 3.8) is 0 Å². The van der Waals surface area contributed by atoms with Crippen molar-refractivity contribution in [1.82, 2.24) is 15.6 Å². The Labute approximate surface area is 143 Å². The lowest BCUT2D eigenvalue weighted by Gasteiger charge is -2.19. The van der Waals surface area contributed by atoms with Crippen LogP contribution in [-0.4, -0.2) is 43.0 Å². The summed E-state index contributed by atoms with van der Waals surface area (Å²) in [6, 6.07) is 0. The van der Waals surface area contributed by atoms with Gasteiger partial charge in [0.15, 0.2) is 15.8 Å². The number of aryl methyl sites for hydroxylation is 2. The van der Waals surface area contributed by atoms with Crippen LogP contribution in [0.5, 0.6) is 0 Å². The molecule has 1 aromatic rings. The van der Waals surface area contributed by atoms with Crippen LogP contribution in [0.2, 0.25) is 0 Å². The van der Waals surface area contributed by atoms with E-state index in [1.165, 1.54) is 4.88 Å². The number of thiazole rings is 1. The second-order valence-electron chi connectivity index (χ2n) is 6.30. The standard InChI is InChI=1S/C15H28N4O2S2/c1-7-16-14(17-8-9-23(20,21)15(4,5)6)18-10-13-19-11(2)12(3)22-13/h7-10H2,1-6H3,(H2,16,17,18). The highest BCUT2D eigenvalue weighted by atomic mass is 32.2. The molecule has 1 rings (SSSR count). The summed E-state index contributed by atoms with van der Waals surface area (Å²) >= 11 is 1.64. The van der Waals surface area contributed by atoms with Gasteiger partial charge in [-0.2, -0.15) is 0 Å². The van der Waals surface area contributed by atoms with Crippen LogP contribution >= 0.6 is 11.3 Å². The predicted octanol–water partition coefficient (Wildman–Crippen LogP) is 2.03. The minimum Gasteiger partial charge on any atom is -0.357 e. The molecule has 23 heavy (non-hydrogen) atoms. The van der Waals surface area contributed by atoms with E-state index in [4.69, 9.17) is 0 Å². The molecule has 0 amide bonds. The Kier molecular flexibility index (Phi) is 7.01. The topological polar surface area (TPSA) is 83.4 Å². The fourth-order valence-corrected chi connectivity index (χ4v) is 3.55. The Morgan fingerprint density at radius 1 is 1.26 bits per heavy atom. The average Bonchev–Trinajstić information content (AvgIpc) is 2.73. The molecule has 0 atom stereocenters. The van der Waals surface area contributed by atoms with Gasteiger partial charge in [0.25, 0.3) is 0 Å². The molecular formula is C15H28N4O2S2. The number of nitrogens with zero attached hydrogens (tertiary/aromatic N) is 2. The average molecular weight is 361 g/mol. The molecule has 0 saturated heterocycles. The molecule has 6 nitrogen and oxygen atoms in total. The van der Waals surface area contributed by atoms with Gasteiger partial charge in [0.1, 0.15) is 5.01 Å². The molecule has 132 valence electrons. The monoisotopic (exact) mass is 360 g/mol. The summed E-state index contributed by atoms with van der Waals surface area (Å²) in [7, 11) is -3.13. The molecule has 0 fully saturated rings. The van der Waals surface area contributed by atoms with Gasteiger partial charge in [0, 0.05) is 18.0 Å². The first kappa shape index (κ1) is 19.9. The van der Waals surface area contributed by atoms with Crippen molar-refractivity contribution in [2.45, 2.75) is 52.8 Å². The van der Waals surface area contributed by atoms with Crippen molar-refractivity contribution in [3.8, 4) is 0 Å². The predicted molar refractivity (Wildman–Crippen MR) is 97.9 cm³/mol. The summed E-state index contributed by atoms with van der Waals surface area (Å²) in [6.07, 6.45) is 0. The van der Waals surface area contributed by atoms with Crippen LogP contribution in [0, 0.1) is 13.8 Å². The Balaban J connectivity index is 2.63. The number of sulfone groups is 1. The third-order valence-corrected chi connectivity index (χ3v) is 7.05. The van der Waals surface area contributed by atoms with E-state index in [1.54, 1.807) is 32.1 Å². The van der Waals surface area contributed by atoms with E-state index in [0.29, 0.717) is 25.6 Å². The molecule has 0 aromatic carbocycles. The molecule has 0 bridgehead atoms. The number of guanidine groups is 1. The van der Waals surface area contributed by atoms with Crippen molar-refractivity contribution >= 4 is 27.1 Å². The largest absolute Gasteiger partial charge is 0.357 e. The molecule has 1 aromatic heterocycles. The lowest BCUT2D eigenvalue weighted by atomic mass is 10.3. The SMILES string of the molecule is CCNC(=NCc1nc(C)c(C)s1)NCCS(=O)(=O)C(C)(C)C. The van der Waals surface area contributed by atoms with Gasteiger partial charge in [0.2, 0.25) is 0 Å². The number of nitrogens with one attached hydrogen (secondary N) is 2. The highest BCUT2D eigenvalue weighted by Gasteiger charge is 2.28. The fraction of sp³-hybridized carbons (Fsp3) is 0.733. The summed E-state index contributed by atoms with van der Waals surface area (Å²) in [5.41, 5.74) is 1.04. The molecule has 0 aliphatic carbocycles. The van der Waals surface area contributed by atoms with Crippen LogP contribution in [0.4, 0.5) is 0 Å². The van der Waals surface area contributed by atoms with Gasteiger partial charge < -0.3 is 10.6 Å². The zero-order chi connectivity index (χ0) is 17.7. The van der Waals surface area contributed by atoms with E-state index in [2.05, 4.69) is 20.6 Å². The molecule has 0 spiro atoms. The quantitative estimate of drug-likeness (QED) is 0.599. The van der Waals surface area contributed by atoms with E-state index in [1.807, 2.05) is 20.8 Å². The maximum atomic E-state index is 12.1. The van der Waals surface area contributed by atoms with Crippen LogP contribution < -0.4 is 10.6 Å². The first-order valence-corrected chi connectivity index (χ1v) is 10.2. The molecule has 0 aliphatic rings. The lowest BCUT2D eigenvalue weighted by molar-refractivity contribution is 0.559. The number of rotatable bonds is 6. The van der Waals surface area contributed by atoms with Crippen molar-refractivity contribution in [3.05, 3.63) is 15.6 Å². The smallest absolute Gasteiger partial charge is 0.191 e. The van der Waals surface area contributed by atoms with Crippen molar-refractivity contribution < 1.29 is 8.42 Å². The molecule has 0 saturated carbocycles. The third-order valence-electron chi connectivity index (χ3n) is 3.39. The number of aromatic nitrogens is 1. The molecule has 0 unspecified atom stereocenters. The van der Waals surface area contributed by atoms with Crippen LogP contribution in [0.25, 0.3) is 0 Å². The maximum Gasteiger partial charge on any atom is 0.191 e. The van der Waals surface area contributed by atoms with E-state index >= 15 is 0 Å². The van der Waals surface area contributed by atoms with E-state index < -0.39 is 14.6 Å². The number of hydrogen-bond acceptors (Lipinski definition) is 5. The highest BCUT2D eigenvalue weighted by molar-refractivity contribution is 7.92. The number of aliphatic imine (C=N–C) groups is 1. The van der Waals surface area contributed by atoms with Gasteiger partial charge in [-0.15, -0.1) is 11.3 Å². The normalized spacial score (nSPS) is 13.2. The van der Waals surface area contributed by atoms with Crippen molar-refractivity contribution in [1.29, 1.82) is 0 Å². The molecule has 0 aliphatic heterocycles. The van der Waals surface area contributed by atoms with Crippen molar-refractivity contribution in [2.75, 3.05) is 18.8 Å². The van der Waals surface area contributed by atoms with Crippen LogP contribution in [-0.2, 0) is 16.4 Å². The van der Waals surface area contributed by atoms with Crippen molar-refractivity contribution in [2.24, 2.45) is 4.99 Å². The molecule has 1 heterocycles. The summed E-state index contributed by atoms with van der Waals surface area (Å²) in [5.74, 6) is 0.693. The maximum absolute atomic E-state index is 12.1. The fourth-order valence-electron chi connectivity index (χ4n) is 1.71. The van der Waals surface area contributed by atoms with Gasteiger partial charge in [-0.25, -0.2) is 18.4 Å². The summed E-state index contributed by atoms with van der Waals surface area (Å²) in [5, 5.41) is 7.16. The van der Waals surface area contributed by atoms with Gasteiger partial charge in [-0.3, -0.25) is 0 Å². The van der Waals surface area contributed by atoms with Gasteiger partial charge >= 0.3 is 0 Å². The van der Waals surface area contributed by atoms with Gasteiger partial charge in [0.05, 0.1) is 22.7 Å². The summed E-state index contributed by atoms with van der Waals surface area (Å²) in [6.45, 7) is 12.7. The zero-order valence-electron chi connectivity index (χ0n) is 14.9. The summed E-state index contributed by atoms with van der Waals surface area (Å²) in [4.78, 5) is 10.1. The Morgan fingerprint density at radius 2 is 1.91 bits per heavy atom. The van der Waals surface area contributed by atoms with Crippen LogP contribution in [0.15, 0.2) is 4.99 Å². The van der Waals surface area contributed by atoms with Crippen LogP contribution in [0.1, 0.15) is 43.3 Å². The number of hydrogen-bond donors (Lipinski definition) is 2. The van der Waals surface area contributed by atoms with E-state index in [0.717, 1.165) is 10.7 Å². The molecule has 2 N–H and O–H groups in total. The summed E-state index contributed by atoms with van der Waals surface area (Å²) < 4.78 is 23.5.